The monoisotopic (exact) mass is 325 g/mol. The number of carbonyl (C=O) groups excluding carboxylic acids is 1. The van der Waals surface area contributed by atoms with Gasteiger partial charge in [0.1, 0.15) is 0 Å². The summed E-state index contributed by atoms with van der Waals surface area (Å²) in [6, 6.07) is 6.27. The van der Waals surface area contributed by atoms with Gasteiger partial charge in [0.25, 0.3) is 0 Å². The summed E-state index contributed by atoms with van der Waals surface area (Å²) in [5, 5.41) is 0. The highest BCUT2D eigenvalue weighted by Crippen LogP contribution is 2.29. The maximum Gasteiger partial charge on any atom is 0.220 e. The van der Waals surface area contributed by atoms with E-state index < -0.39 is 0 Å². The van der Waals surface area contributed by atoms with Crippen LogP contribution in [0.3, 0.4) is 0 Å². The second-order valence-corrected chi connectivity index (χ2v) is 6.01. The Morgan fingerprint density at radius 1 is 1.42 bits per heavy atom. The first-order chi connectivity index (χ1) is 8.99. The van der Waals surface area contributed by atoms with Crippen molar-refractivity contribution in [2.45, 2.75) is 25.8 Å². The molecular weight excluding hydrogens is 306 g/mol. The van der Waals surface area contributed by atoms with Crippen molar-refractivity contribution in [3.8, 4) is 0 Å². The van der Waals surface area contributed by atoms with Gasteiger partial charge in [-0.3, -0.25) is 4.79 Å². The molecule has 1 aliphatic heterocycles. The molecule has 104 valence electrons. The van der Waals surface area contributed by atoms with E-state index in [1.165, 1.54) is 5.69 Å². The molecule has 0 radical (unpaired) electrons. The number of primary amides is 1. The molecule has 1 atom stereocenters. The van der Waals surface area contributed by atoms with E-state index in [1.54, 1.807) is 0 Å². The Balaban J connectivity index is 2.08. The largest absolute Gasteiger partial charge is 0.371 e. The predicted molar refractivity (Wildman–Crippen MR) is 80.9 cm³/mol. The smallest absolute Gasteiger partial charge is 0.220 e. The van der Waals surface area contributed by atoms with Crippen molar-refractivity contribution in [1.29, 1.82) is 0 Å². The highest BCUT2D eigenvalue weighted by molar-refractivity contribution is 9.10. The van der Waals surface area contributed by atoms with Crippen LogP contribution in [0.1, 0.15) is 31.4 Å². The Hall–Kier alpha value is -1.07. The molecule has 0 saturated carbocycles. The first kappa shape index (κ1) is 14.3. The normalized spacial score (nSPS) is 18.4. The Kier molecular flexibility index (Phi) is 4.47. The van der Waals surface area contributed by atoms with Gasteiger partial charge in [-0.15, -0.1) is 0 Å². The van der Waals surface area contributed by atoms with Crippen molar-refractivity contribution in [1.82, 2.24) is 0 Å². The Bertz CT molecular complexity index is 468. The quantitative estimate of drug-likeness (QED) is 0.894. The zero-order chi connectivity index (χ0) is 14.0. The number of anilines is 1. The van der Waals surface area contributed by atoms with E-state index in [-0.39, 0.29) is 17.9 Å². The van der Waals surface area contributed by atoms with E-state index in [0.29, 0.717) is 0 Å². The molecule has 0 unspecified atom stereocenters. The molecule has 1 aromatic carbocycles. The lowest BCUT2D eigenvalue weighted by Crippen LogP contribution is -2.38. The molecule has 1 amide bonds. The summed E-state index contributed by atoms with van der Waals surface area (Å²) in [5.41, 5.74) is 13.5. The van der Waals surface area contributed by atoms with E-state index >= 15 is 0 Å². The van der Waals surface area contributed by atoms with E-state index in [1.807, 2.05) is 6.92 Å². The third-order valence-electron chi connectivity index (χ3n) is 3.74. The zero-order valence-electron chi connectivity index (χ0n) is 11.1. The first-order valence-electron chi connectivity index (χ1n) is 6.58. The first-order valence-corrected chi connectivity index (χ1v) is 7.37. The molecule has 2 rings (SSSR count). The molecule has 0 spiro atoms. The third kappa shape index (κ3) is 3.28. The van der Waals surface area contributed by atoms with E-state index in [9.17, 15) is 4.79 Å². The second kappa shape index (κ2) is 5.92. The van der Waals surface area contributed by atoms with Crippen LogP contribution < -0.4 is 16.4 Å². The number of rotatable bonds is 3. The number of nitrogens with zero attached hydrogens (tertiary/aromatic N) is 1. The number of hydrogen-bond donors (Lipinski definition) is 2. The predicted octanol–water partition coefficient (Wildman–Crippen LogP) is 2.17. The van der Waals surface area contributed by atoms with Crippen LogP contribution in [0.5, 0.6) is 0 Å². The van der Waals surface area contributed by atoms with Crippen LogP contribution in [0.15, 0.2) is 22.7 Å². The molecule has 0 aromatic heterocycles. The lowest BCUT2D eigenvalue weighted by atomic mass is 9.96. The summed E-state index contributed by atoms with van der Waals surface area (Å²) in [7, 11) is 0. The fourth-order valence-electron chi connectivity index (χ4n) is 2.50. The highest BCUT2D eigenvalue weighted by atomic mass is 79.9. The minimum Gasteiger partial charge on any atom is -0.371 e. The standard InChI is InChI=1S/C14H20BrN3O/c1-9(16)12-3-2-11(8-13(12)15)18-6-4-10(5-7-18)14(17)19/h2-3,8-10H,4-7,16H2,1H3,(H2,17,19)/t9-/m1/s1. The van der Waals surface area contributed by atoms with Gasteiger partial charge in [0.05, 0.1) is 0 Å². The summed E-state index contributed by atoms with van der Waals surface area (Å²) in [6.07, 6.45) is 1.67. The number of hydrogen-bond acceptors (Lipinski definition) is 3. The minimum atomic E-state index is -0.173. The molecule has 1 fully saturated rings. The number of benzene rings is 1. The summed E-state index contributed by atoms with van der Waals surface area (Å²) < 4.78 is 1.04. The van der Waals surface area contributed by atoms with Gasteiger partial charge < -0.3 is 16.4 Å². The SMILES string of the molecule is C[C@@H](N)c1ccc(N2CCC(C(N)=O)CC2)cc1Br. The van der Waals surface area contributed by atoms with Crippen LogP contribution in [-0.2, 0) is 4.79 Å². The van der Waals surface area contributed by atoms with Crippen molar-refractivity contribution in [2.75, 3.05) is 18.0 Å². The molecule has 1 aliphatic rings. The molecule has 4 nitrogen and oxygen atoms in total. The topological polar surface area (TPSA) is 72.3 Å². The van der Waals surface area contributed by atoms with Gasteiger partial charge in [0.15, 0.2) is 0 Å². The number of halogens is 1. The van der Waals surface area contributed by atoms with E-state index in [2.05, 4.69) is 39.0 Å². The van der Waals surface area contributed by atoms with Gasteiger partial charge in [0.2, 0.25) is 5.91 Å². The molecule has 0 aliphatic carbocycles. The molecule has 5 heteroatoms. The van der Waals surface area contributed by atoms with Crippen LogP contribution in [0, 0.1) is 5.92 Å². The van der Waals surface area contributed by atoms with Crippen molar-refractivity contribution in [3.63, 3.8) is 0 Å². The van der Waals surface area contributed by atoms with Crippen LogP contribution in [0.2, 0.25) is 0 Å². The Morgan fingerprint density at radius 3 is 2.53 bits per heavy atom. The Labute approximate surface area is 122 Å². The average molecular weight is 326 g/mol. The fourth-order valence-corrected chi connectivity index (χ4v) is 3.23. The molecule has 1 aromatic rings. The minimum absolute atomic E-state index is 0.0176. The number of nitrogens with two attached hydrogens (primary N) is 2. The molecular formula is C14H20BrN3O. The number of piperidine rings is 1. The second-order valence-electron chi connectivity index (χ2n) is 5.16. The van der Waals surface area contributed by atoms with Gasteiger partial charge in [-0.05, 0) is 37.5 Å². The fraction of sp³-hybridized carbons (Fsp3) is 0.500. The number of carbonyl (C=O) groups is 1. The van der Waals surface area contributed by atoms with Gasteiger partial charge in [0, 0.05) is 35.2 Å². The van der Waals surface area contributed by atoms with Gasteiger partial charge in [-0.1, -0.05) is 22.0 Å². The Morgan fingerprint density at radius 2 is 2.05 bits per heavy atom. The summed E-state index contributed by atoms with van der Waals surface area (Å²) in [6.45, 7) is 3.72. The summed E-state index contributed by atoms with van der Waals surface area (Å²) in [4.78, 5) is 13.4. The molecule has 0 bridgehead atoms. The maximum absolute atomic E-state index is 11.2. The van der Waals surface area contributed by atoms with Crippen LogP contribution in [0.4, 0.5) is 5.69 Å². The van der Waals surface area contributed by atoms with Crippen molar-refractivity contribution in [2.24, 2.45) is 17.4 Å². The number of amides is 1. The van der Waals surface area contributed by atoms with Crippen LogP contribution in [-0.4, -0.2) is 19.0 Å². The van der Waals surface area contributed by atoms with Crippen molar-refractivity contribution < 1.29 is 4.79 Å². The van der Waals surface area contributed by atoms with Crippen molar-refractivity contribution >= 4 is 27.5 Å². The highest BCUT2D eigenvalue weighted by Gasteiger charge is 2.23. The van der Waals surface area contributed by atoms with Crippen molar-refractivity contribution in [3.05, 3.63) is 28.2 Å². The van der Waals surface area contributed by atoms with Gasteiger partial charge >= 0.3 is 0 Å². The maximum atomic E-state index is 11.2. The van der Waals surface area contributed by atoms with Gasteiger partial charge in [-0.25, -0.2) is 0 Å². The third-order valence-corrected chi connectivity index (χ3v) is 4.42. The lowest BCUT2D eigenvalue weighted by molar-refractivity contribution is -0.122. The van der Waals surface area contributed by atoms with Gasteiger partial charge in [-0.2, -0.15) is 0 Å². The van der Waals surface area contributed by atoms with E-state index in [0.717, 1.165) is 36.0 Å². The average Bonchev–Trinajstić information content (AvgIpc) is 2.38. The molecule has 4 N–H and O–H groups in total. The molecule has 19 heavy (non-hydrogen) atoms. The van der Waals surface area contributed by atoms with E-state index in [4.69, 9.17) is 11.5 Å². The summed E-state index contributed by atoms with van der Waals surface area (Å²) >= 11 is 3.57. The summed E-state index contributed by atoms with van der Waals surface area (Å²) in [5.74, 6) is -0.142. The lowest BCUT2D eigenvalue weighted by Gasteiger charge is -2.32. The zero-order valence-corrected chi connectivity index (χ0v) is 12.7. The van der Waals surface area contributed by atoms with Crippen LogP contribution >= 0.6 is 15.9 Å². The molecule has 1 saturated heterocycles. The van der Waals surface area contributed by atoms with Crippen LogP contribution in [0.25, 0.3) is 0 Å². The molecule has 1 heterocycles.